The number of benzene rings is 1. The molecular formula is C29H35NO9. The Hall–Kier alpha value is -3.11. The molecule has 1 aromatic carbocycles. The van der Waals surface area contributed by atoms with E-state index in [2.05, 4.69) is 11.8 Å². The van der Waals surface area contributed by atoms with Crippen molar-refractivity contribution in [1.82, 2.24) is 0 Å². The number of nitrogens with zero attached hydrogens (tertiary/aromatic N) is 1. The zero-order valence-corrected chi connectivity index (χ0v) is 22.3. The lowest BCUT2D eigenvalue weighted by Gasteiger charge is -2.60. The standard InChI is InChI=1S/C29H35NO9/c1-27-10-8-20(31)13-19(27)6-7-21-22-9-11-29(35,28(22,2)14-23(32)25(21)27)24(33)16-38-26(34)18-5-3-4-17(12-18)15-39-30(36)37/h3-5,12-13,21-23,25,32,35H,6-11,14-16H2,1-2H3/t21?,22?,23?,25?,27-,28-,29-/m0/s1. The second-order valence-electron chi connectivity index (χ2n) is 12.2. The van der Waals surface area contributed by atoms with Gasteiger partial charge in [0, 0.05) is 11.8 Å². The Labute approximate surface area is 226 Å². The van der Waals surface area contributed by atoms with E-state index < -0.39 is 40.6 Å². The van der Waals surface area contributed by atoms with Gasteiger partial charge >= 0.3 is 5.97 Å². The summed E-state index contributed by atoms with van der Waals surface area (Å²) in [6.07, 6.45) is 4.90. The van der Waals surface area contributed by atoms with Crippen LogP contribution in [0.5, 0.6) is 0 Å². The number of carbonyl (C=O) groups is 3. The van der Waals surface area contributed by atoms with Crippen molar-refractivity contribution in [1.29, 1.82) is 0 Å². The van der Waals surface area contributed by atoms with Gasteiger partial charge in [-0.1, -0.05) is 31.6 Å². The number of aliphatic hydroxyl groups is 2. The van der Waals surface area contributed by atoms with Gasteiger partial charge in [0.25, 0.3) is 5.09 Å². The quantitative estimate of drug-likeness (QED) is 0.300. The van der Waals surface area contributed by atoms with Gasteiger partial charge in [-0.25, -0.2) is 4.79 Å². The number of Topliss-reactive ketones (excluding diaryl/α,β-unsaturated/α-hetero) is 1. The minimum Gasteiger partial charge on any atom is -0.454 e. The van der Waals surface area contributed by atoms with Crippen molar-refractivity contribution in [2.24, 2.45) is 28.6 Å². The number of hydrogen-bond acceptors (Lipinski definition) is 9. The highest BCUT2D eigenvalue weighted by atomic mass is 16.9. The van der Waals surface area contributed by atoms with E-state index in [1.165, 1.54) is 18.2 Å². The Morgan fingerprint density at radius 2 is 1.95 bits per heavy atom. The highest BCUT2D eigenvalue weighted by Gasteiger charge is 2.68. The summed E-state index contributed by atoms with van der Waals surface area (Å²) in [4.78, 5) is 53.0. The Bertz CT molecular complexity index is 1240. The fourth-order valence-corrected chi connectivity index (χ4v) is 8.40. The molecule has 10 nitrogen and oxygen atoms in total. The number of esters is 1. The van der Waals surface area contributed by atoms with Crippen molar-refractivity contribution in [2.75, 3.05) is 6.61 Å². The molecular weight excluding hydrogens is 506 g/mol. The number of ether oxygens (including phenoxy) is 1. The molecule has 4 unspecified atom stereocenters. The molecule has 3 fully saturated rings. The summed E-state index contributed by atoms with van der Waals surface area (Å²) < 4.78 is 5.28. The van der Waals surface area contributed by atoms with Crippen LogP contribution in [0, 0.1) is 38.7 Å². The summed E-state index contributed by atoms with van der Waals surface area (Å²) >= 11 is 0. The van der Waals surface area contributed by atoms with Gasteiger partial charge in [-0.15, -0.1) is 10.1 Å². The SMILES string of the molecule is C[C@]12CCC(=O)C=C1CCC1C2C(O)C[C@@]2(C)C1CC[C@]2(O)C(=O)COC(=O)c1cccc(CO[N+](=O)[O-])c1. The van der Waals surface area contributed by atoms with Gasteiger partial charge in [0.1, 0.15) is 12.2 Å². The summed E-state index contributed by atoms with van der Waals surface area (Å²) in [5.74, 6) is -1.14. The Balaban J connectivity index is 1.30. The summed E-state index contributed by atoms with van der Waals surface area (Å²) in [7, 11) is 0. The summed E-state index contributed by atoms with van der Waals surface area (Å²) in [5.41, 5.74) is -1.27. The van der Waals surface area contributed by atoms with Crippen LogP contribution in [-0.2, 0) is 25.8 Å². The van der Waals surface area contributed by atoms with Crippen molar-refractivity contribution in [3.63, 3.8) is 0 Å². The average molecular weight is 542 g/mol. The molecule has 10 heteroatoms. The third-order valence-corrected chi connectivity index (χ3v) is 10.3. The summed E-state index contributed by atoms with van der Waals surface area (Å²) in [6.45, 7) is 3.08. The first-order valence-electron chi connectivity index (χ1n) is 13.6. The Morgan fingerprint density at radius 1 is 1.18 bits per heavy atom. The van der Waals surface area contributed by atoms with Crippen LogP contribution in [0.15, 0.2) is 35.9 Å². The maximum atomic E-state index is 13.5. The van der Waals surface area contributed by atoms with Crippen LogP contribution in [0.3, 0.4) is 0 Å². The number of ketones is 2. The van der Waals surface area contributed by atoms with Crippen molar-refractivity contribution >= 4 is 17.5 Å². The Morgan fingerprint density at radius 3 is 2.69 bits per heavy atom. The van der Waals surface area contributed by atoms with Crippen LogP contribution in [-0.4, -0.2) is 51.1 Å². The molecule has 0 spiro atoms. The van der Waals surface area contributed by atoms with Gasteiger partial charge in [-0.05, 0) is 85.5 Å². The van der Waals surface area contributed by atoms with Gasteiger partial charge in [0.2, 0.25) is 5.78 Å². The molecule has 0 heterocycles. The fraction of sp³-hybridized carbons (Fsp3) is 0.621. The maximum absolute atomic E-state index is 13.5. The van der Waals surface area contributed by atoms with Crippen molar-refractivity contribution < 1.29 is 39.3 Å². The predicted octanol–water partition coefficient (Wildman–Crippen LogP) is 3.35. The summed E-state index contributed by atoms with van der Waals surface area (Å²) in [5, 5.41) is 32.8. The number of allylic oxidation sites excluding steroid dienone is 1. The molecule has 0 saturated heterocycles. The van der Waals surface area contributed by atoms with E-state index in [0.29, 0.717) is 24.8 Å². The van der Waals surface area contributed by atoms with Gasteiger partial charge in [0.05, 0.1) is 11.7 Å². The van der Waals surface area contributed by atoms with Crippen LogP contribution >= 0.6 is 0 Å². The highest BCUT2D eigenvalue weighted by molar-refractivity contribution is 5.94. The van der Waals surface area contributed by atoms with E-state index in [9.17, 15) is 34.7 Å². The number of rotatable bonds is 7. The summed E-state index contributed by atoms with van der Waals surface area (Å²) in [6, 6.07) is 5.94. The molecule has 4 aliphatic rings. The third-order valence-electron chi connectivity index (χ3n) is 10.3. The lowest BCUT2D eigenvalue weighted by atomic mass is 9.45. The Kier molecular flexibility index (Phi) is 6.91. The molecule has 4 aliphatic carbocycles. The largest absolute Gasteiger partial charge is 0.454 e. The molecule has 0 radical (unpaired) electrons. The highest BCUT2D eigenvalue weighted by Crippen LogP contribution is 2.67. The third kappa shape index (κ3) is 4.47. The molecule has 210 valence electrons. The van der Waals surface area contributed by atoms with E-state index in [4.69, 9.17) is 4.74 Å². The van der Waals surface area contributed by atoms with Crippen LogP contribution in [0.4, 0.5) is 0 Å². The number of fused-ring (bicyclic) bond motifs is 5. The molecule has 1 aromatic rings. The first kappa shape index (κ1) is 27.5. The molecule has 7 atom stereocenters. The molecule has 5 rings (SSSR count). The van der Waals surface area contributed by atoms with E-state index >= 15 is 0 Å². The lowest BCUT2D eigenvalue weighted by Crippen LogP contribution is -2.62. The molecule has 3 saturated carbocycles. The monoisotopic (exact) mass is 541 g/mol. The van der Waals surface area contributed by atoms with Crippen LogP contribution < -0.4 is 0 Å². The molecule has 0 amide bonds. The maximum Gasteiger partial charge on any atom is 0.338 e. The van der Waals surface area contributed by atoms with Gasteiger partial charge in [-0.2, -0.15) is 0 Å². The molecule has 39 heavy (non-hydrogen) atoms. The smallest absolute Gasteiger partial charge is 0.338 e. The van der Waals surface area contributed by atoms with Gasteiger partial charge in [-0.3, -0.25) is 9.59 Å². The minimum absolute atomic E-state index is 0.0184. The van der Waals surface area contributed by atoms with E-state index in [-0.39, 0.29) is 54.0 Å². The second-order valence-corrected chi connectivity index (χ2v) is 12.2. The first-order chi connectivity index (χ1) is 18.4. The van der Waals surface area contributed by atoms with Crippen LogP contribution in [0.1, 0.15) is 74.7 Å². The number of hydrogen-bond donors (Lipinski definition) is 2. The number of carbonyl (C=O) groups excluding carboxylic acids is 3. The molecule has 0 bridgehead atoms. The first-order valence-corrected chi connectivity index (χ1v) is 13.6. The zero-order valence-electron chi connectivity index (χ0n) is 22.3. The number of aliphatic hydroxyl groups excluding tert-OH is 1. The van der Waals surface area contributed by atoms with E-state index in [1.54, 1.807) is 12.1 Å². The zero-order chi connectivity index (χ0) is 28.2. The molecule has 2 N–H and O–H groups in total. The average Bonchev–Trinajstić information content (AvgIpc) is 3.17. The van der Waals surface area contributed by atoms with E-state index in [0.717, 1.165) is 18.4 Å². The minimum atomic E-state index is -1.75. The van der Waals surface area contributed by atoms with Crippen LogP contribution in [0.2, 0.25) is 0 Å². The fourth-order valence-electron chi connectivity index (χ4n) is 8.40. The van der Waals surface area contributed by atoms with Crippen LogP contribution in [0.25, 0.3) is 0 Å². The normalized spacial score (nSPS) is 37.1. The topological polar surface area (TPSA) is 153 Å². The molecule has 0 aliphatic heterocycles. The van der Waals surface area contributed by atoms with Crippen molar-refractivity contribution in [3.05, 3.63) is 57.2 Å². The second kappa shape index (κ2) is 9.82. The molecule has 0 aromatic heterocycles. The van der Waals surface area contributed by atoms with Crippen molar-refractivity contribution in [2.45, 2.75) is 77.1 Å². The van der Waals surface area contributed by atoms with Crippen molar-refractivity contribution in [3.8, 4) is 0 Å². The van der Waals surface area contributed by atoms with Gasteiger partial charge in [0.15, 0.2) is 12.4 Å². The van der Waals surface area contributed by atoms with E-state index in [1.807, 2.05) is 6.92 Å². The predicted molar refractivity (Wildman–Crippen MR) is 137 cm³/mol. The van der Waals surface area contributed by atoms with Gasteiger partial charge < -0.3 is 19.8 Å². The lowest BCUT2D eigenvalue weighted by molar-refractivity contribution is -0.763.